The SMILES string of the molecule is CCCCC/C=C\C/C=C\CCCCCCCCCCCCCCCCCC(=O)OC(/C=C\CCCCCCCCCCCC)C(COP(=O)([O-])OCC[N+](C)(C)C)NC(=O)CCCCCCCCCCC/C=C/CCCCCCCC. The molecule has 0 rings (SSSR count). The predicted molar refractivity (Wildman–Crippen MR) is 353 cm³/mol. The van der Waals surface area contributed by atoms with Crippen LogP contribution in [-0.4, -0.2) is 69.4 Å². The fraction of sp³-hybridized carbons (Fsp3) is 0.861. The third-order valence-corrected chi connectivity index (χ3v) is 16.9. The zero-order valence-electron chi connectivity index (χ0n) is 55.2. The van der Waals surface area contributed by atoms with Crippen LogP contribution in [0, 0.1) is 0 Å². The van der Waals surface area contributed by atoms with E-state index in [4.69, 9.17) is 13.8 Å². The van der Waals surface area contributed by atoms with Gasteiger partial charge in [-0.1, -0.05) is 294 Å². The molecule has 0 saturated heterocycles. The van der Waals surface area contributed by atoms with Gasteiger partial charge in [0.1, 0.15) is 19.3 Å². The van der Waals surface area contributed by atoms with Gasteiger partial charge >= 0.3 is 5.97 Å². The Morgan fingerprint density at radius 1 is 0.427 bits per heavy atom. The van der Waals surface area contributed by atoms with Gasteiger partial charge in [-0.15, -0.1) is 0 Å². The highest BCUT2D eigenvalue weighted by Gasteiger charge is 2.27. The molecule has 3 unspecified atom stereocenters. The van der Waals surface area contributed by atoms with Crippen molar-refractivity contribution in [2.24, 2.45) is 0 Å². The average Bonchev–Trinajstić information content (AvgIpc) is 3.44. The Morgan fingerprint density at radius 3 is 1.13 bits per heavy atom. The second kappa shape index (κ2) is 62.0. The van der Waals surface area contributed by atoms with Gasteiger partial charge in [0.15, 0.2) is 0 Å². The zero-order valence-corrected chi connectivity index (χ0v) is 56.1. The number of esters is 1. The minimum Gasteiger partial charge on any atom is -0.756 e. The molecule has 0 aliphatic heterocycles. The van der Waals surface area contributed by atoms with E-state index in [2.05, 4.69) is 62.5 Å². The number of quaternary nitrogens is 1. The lowest BCUT2D eigenvalue weighted by atomic mass is 10.0. The molecule has 1 amide bonds. The maximum atomic E-state index is 13.6. The van der Waals surface area contributed by atoms with Crippen LogP contribution in [0.25, 0.3) is 0 Å². The first-order valence-electron chi connectivity index (χ1n) is 35.4. The predicted octanol–water partition coefficient (Wildman–Crippen LogP) is 21.8. The summed E-state index contributed by atoms with van der Waals surface area (Å²) >= 11 is 0. The number of likely N-dealkylation sites (N-methyl/N-ethyl adjacent to an activating group) is 1. The molecule has 482 valence electrons. The number of carbonyl (C=O) groups is 2. The van der Waals surface area contributed by atoms with Crippen molar-refractivity contribution in [2.45, 2.75) is 360 Å². The van der Waals surface area contributed by atoms with Crippen LogP contribution in [-0.2, 0) is 27.9 Å². The van der Waals surface area contributed by atoms with Crippen molar-refractivity contribution in [3.8, 4) is 0 Å². The Hall–Kier alpha value is -2.03. The Kier molecular flexibility index (Phi) is 60.5. The molecular weight excluding hydrogens is 1040 g/mol. The van der Waals surface area contributed by atoms with Crippen molar-refractivity contribution >= 4 is 19.7 Å². The molecular formula is C72H137N2O7P. The summed E-state index contributed by atoms with van der Waals surface area (Å²) in [5, 5.41) is 3.04. The normalized spacial score (nSPS) is 13.8. The molecule has 3 atom stereocenters. The molecule has 0 fully saturated rings. The summed E-state index contributed by atoms with van der Waals surface area (Å²) in [5.41, 5.74) is 0. The molecule has 0 aliphatic rings. The number of phosphoric ester groups is 1. The van der Waals surface area contributed by atoms with E-state index in [9.17, 15) is 19.0 Å². The Morgan fingerprint density at radius 2 is 0.744 bits per heavy atom. The summed E-state index contributed by atoms with van der Waals surface area (Å²) in [5.74, 6) is -0.528. The fourth-order valence-corrected chi connectivity index (χ4v) is 11.2. The van der Waals surface area contributed by atoms with Crippen molar-refractivity contribution in [2.75, 3.05) is 40.9 Å². The van der Waals surface area contributed by atoms with Gasteiger partial charge in [-0.2, -0.15) is 0 Å². The maximum absolute atomic E-state index is 13.6. The molecule has 10 heteroatoms. The van der Waals surface area contributed by atoms with E-state index in [1.165, 1.54) is 250 Å². The van der Waals surface area contributed by atoms with Gasteiger partial charge in [0.25, 0.3) is 7.82 Å². The van der Waals surface area contributed by atoms with Crippen LogP contribution in [0.4, 0.5) is 0 Å². The van der Waals surface area contributed by atoms with Crippen LogP contribution >= 0.6 is 7.82 Å². The zero-order chi connectivity index (χ0) is 60.0. The smallest absolute Gasteiger partial charge is 0.306 e. The van der Waals surface area contributed by atoms with Crippen molar-refractivity contribution in [1.29, 1.82) is 0 Å². The van der Waals surface area contributed by atoms with Gasteiger partial charge in [-0.05, 0) is 89.5 Å². The number of allylic oxidation sites excluding steroid dienone is 7. The Labute approximate surface area is 509 Å². The van der Waals surface area contributed by atoms with E-state index in [0.717, 1.165) is 64.2 Å². The highest BCUT2D eigenvalue weighted by molar-refractivity contribution is 7.45. The molecule has 0 radical (unpaired) electrons. The van der Waals surface area contributed by atoms with Gasteiger partial charge in [0.05, 0.1) is 33.8 Å². The Balaban J connectivity index is 5.04. The number of nitrogens with zero attached hydrogens (tertiary/aromatic N) is 1. The van der Waals surface area contributed by atoms with E-state index in [1.807, 2.05) is 33.3 Å². The molecule has 0 saturated carbocycles. The molecule has 0 aromatic carbocycles. The fourth-order valence-electron chi connectivity index (χ4n) is 10.5. The van der Waals surface area contributed by atoms with Crippen molar-refractivity contribution < 1.29 is 37.3 Å². The minimum atomic E-state index is -4.70. The summed E-state index contributed by atoms with van der Waals surface area (Å²) in [6.45, 7) is 6.86. The number of ether oxygens (including phenoxy) is 1. The second-order valence-electron chi connectivity index (χ2n) is 25.4. The number of rotatable bonds is 65. The molecule has 0 aliphatic carbocycles. The van der Waals surface area contributed by atoms with Gasteiger partial charge in [-0.3, -0.25) is 14.2 Å². The van der Waals surface area contributed by atoms with Crippen molar-refractivity contribution in [1.82, 2.24) is 5.32 Å². The molecule has 9 nitrogen and oxygen atoms in total. The van der Waals surface area contributed by atoms with Gasteiger partial charge < -0.3 is 28.5 Å². The molecule has 0 heterocycles. The summed E-state index contributed by atoms with van der Waals surface area (Å²) in [6, 6.07) is -0.888. The lowest BCUT2D eigenvalue weighted by Gasteiger charge is -2.30. The molecule has 0 aromatic heterocycles. The quantitative estimate of drug-likeness (QED) is 0.0212. The summed E-state index contributed by atoms with van der Waals surface area (Å²) in [7, 11) is 1.20. The van der Waals surface area contributed by atoms with Crippen LogP contribution in [0.2, 0.25) is 0 Å². The largest absolute Gasteiger partial charge is 0.756 e. The van der Waals surface area contributed by atoms with E-state index < -0.39 is 20.0 Å². The highest BCUT2D eigenvalue weighted by atomic mass is 31.2. The topological polar surface area (TPSA) is 114 Å². The number of phosphoric acid groups is 1. The minimum absolute atomic E-state index is 0.0212. The molecule has 0 bridgehead atoms. The van der Waals surface area contributed by atoms with Crippen LogP contribution in [0.5, 0.6) is 0 Å². The number of hydrogen-bond donors (Lipinski definition) is 1. The lowest BCUT2D eigenvalue weighted by Crippen LogP contribution is -2.47. The third kappa shape index (κ3) is 62.5. The van der Waals surface area contributed by atoms with Crippen molar-refractivity contribution in [3.05, 3.63) is 48.6 Å². The molecule has 0 spiro atoms. The Bertz CT molecular complexity index is 1540. The monoisotopic (exact) mass is 1170 g/mol. The van der Waals surface area contributed by atoms with Gasteiger partial charge in [0, 0.05) is 12.8 Å². The van der Waals surface area contributed by atoms with Gasteiger partial charge in [0.2, 0.25) is 5.91 Å². The number of carbonyl (C=O) groups excluding carboxylic acids is 2. The number of nitrogens with one attached hydrogen (secondary N) is 1. The standard InChI is InChI=1S/C72H137N2O7P/c1-7-10-13-16-19-22-25-28-30-32-34-35-36-37-38-39-41-43-45-47-50-53-56-59-62-65-72(76)81-70(63-60-57-54-51-48-27-24-21-18-15-12-9-3)69(68-80-82(77,78)79-67-66-74(4,5)6)73-71(75)64-61-58-55-52-49-46-44-42-40-33-31-29-26-23-20-17-14-11-8-2/h19,22,28-31,60,63,69-70H,7-18,20-21,23-27,32-59,61-62,64-68H2,1-6H3,(H-,73,75,77,78)/b22-19-,30-28-,31-29+,63-60-. The number of amides is 1. The molecule has 0 aromatic rings. The average molecular weight is 1170 g/mol. The van der Waals surface area contributed by atoms with Crippen molar-refractivity contribution in [3.63, 3.8) is 0 Å². The molecule has 1 N–H and O–H groups in total. The van der Waals surface area contributed by atoms with Crippen LogP contribution in [0.15, 0.2) is 48.6 Å². The maximum Gasteiger partial charge on any atom is 0.306 e. The van der Waals surface area contributed by atoms with Crippen LogP contribution < -0.4 is 10.2 Å². The van der Waals surface area contributed by atoms with Crippen LogP contribution in [0.3, 0.4) is 0 Å². The summed E-state index contributed by atoms with van der Waals surface area (Å²) < 4.78 is 30.4. The van der Waals surface area contributed by atoms with Crippen LogP contribution in [0.1, 0.15) is 348 Å². The first kappa shape index (κ1) is 80.0. The first-order valence-corrected chi connectivity index (χ1v) is 36.9. The summed E-state index contributed by atoms with van der Waals surface area (Å²) in [6.07, 6.45) is 78.0. The molecule has 82 heavy (non-hydrogen) atoms. The van der Waals surface area contributed by atoms with E-state index >= 15 is 0 Å². The van der Waals surface area contributed by atoms with E-state index in [-0.39, 0.29) is 31.5 Å². The first-order chi connectivity index (χ1) is 39.9. The third-order valence-electron chi connectivity index (χ3n) is 16.0. The van der Waals surface area contributed by atoms with Gasteiger partial charge in [-0.25, -0.2) is 0 Å². The van der Waals surface area contributed by atoms with E-state index in [0.29, 0.717) is 17.4 Å². The van der Waals surface area contributed by atoms with E-state index in [1.54, 1.807) is 0 Å². The highest BCUT2D eigenvalue weighted by Crippen LogP contribution is 2.38. The summed E-state index contributed by atoms with van der Waals surface area (Å²) in [4.78, 5) is 40.2. The lowest BCUT2D eigenvalue weighted by molar-refractivity contribution is -0.870. The second-order valence-corrected chi connectivity index (χ2v) is 26.8. The number of hydrogen-bond acceptors (Lipinski definition) is 7. The number of unbranched alkanes of at least 4 members (excludes halogenated alkanes) is 43.